The van der Waals surface area contributed by atoms with Crippen LogP contribution < -0.4 is 0 Å². The Balaban J connectivity index is 0.000000191. The molecule has 0 atom stereocenters. The molecule has 0 spiro atoms. The molecule has 0 aliphatic heterocycles. The molecule has 0 fully saturated rings. The zero-order valence-corrected chi connectivity index (χ0v) is 9.72. The summed E-state index contributed by atoms with van der Waals surface area (Å²) in [6, 6.07) is 8.89. The molecule has 1 aromatic carbocycles. The first-order valence-corrected chi connectivity index (χ1v) is 5.17. The van der Waals surface area contributed by atoms with E-state index in [4.69, 9.17) is 15.3 Å². The number of para-hydroxylation sites is 1. The molecule has 1 aromatic heterocycles. The van der Waals surface area contributed by atoms with Gasteiger partial charge in [0.1, 0.15) is 11.3 Å². The van der Waals surface area contributed by atoms with Crippen molar-refractivity contribution in [1.82, 2.24) is 4.98 Å². The van der Waals surface area contributed by atoms with Gasteiger partial charge in [-0.2, -0.15) is 0 Å². The van der Waals surface area contributed by atoms with Crippen molar-refractivity contribution in [2.24, 2.45) is 0 Å². The van der Waals surface area contributed by atoms with Gasteiger partial charge >= 0.3 is 11.9 Å². The van der Waals surface area contributed by atoms with Crippen LogP contribution in [0.1, 0.15) is 20.7 Å². The summed E-state index contributed by atoms with van der Waals surface area (Å²) >= 11 is 0. The molecule has 2 rings (SSSR count). The van der Waals surface area contributed by atoms with Gasteiger partial charge in [0.05, 0.1) is 5.56 Å². The third-order valence-electron chi connectivity index (χ3n) is 2.04. The highest BCUT2D eigenvalue weighted by atomic mass is 16.4. The van der Waals surface area contributed by atoms with Gasteiger partial charge in [-0.15, -0.1) is 0 Å². The smallest absolute Gasteiger partial charge is 0.339 e. The number of aromatic nitrogens is 1. The van der Waals surface area contributed by atoms with E-state index in [1.54, 1.807) is 18.2 Å². The number of carbonyl (C=O) groups is 2. The Labute approximate surface area is 108 Å². The van der Waals surface area contributed by atoms with Crippen molar-refractivity contribution in [3.8, 4) is 5.75 Å². The van der Waals surface area contributed by atoms with Crippen LogP contribution in [0.3, 0.4) is 0 Å². The number of hydrogen-bond donors (Lipinski definition) is 3. The molecular weight excluding hydrogens is 250 g/mol. The van der Waals surface area contributed by atoms with Crippen LogP contribution in [0, 0.1) is 0 Å². The van der Waals surface area contributed by atoms with Crippen LogP contribution in [0.5, 0.6) is 5.75 Å². The number of phenols is 1. The van der Waals surface area contributed by atoms with Crippen molar-refractivity contribution in [1.29, 1.82) is 0 Å². The molecule has 98 valence electrons. The molecule has 3 N–H and O–H groups in total. The molecule has 0 saturated heterocycles. The van der Waals surface area contributed by atoms with E-state index in [0.29, 0.717) is 0 Å². The second kappa shape index (κ2) is 6.75. The van der Waals surface area contributed by atoms with Crippen molar-refractivity contribution in [3.05, 3.63) is 59.9 Å². The average Bonchev–Trinajstić information content (AvgIpc) is 2.40. The minimum atomic E-state index is -1.11. The zero-order chi connectivity index (χ0) is 14.3. The summed E-state index contributed by atoms with van der Waals surface area (Å²) in [5, 5.41) is 25.7. The van der Waals surface area contributed by atoms with Crippen molar-refractivity contribution < 1.29 is 24.9 Å². The fourth-order valence-electron chi connectivity index (χ4n) is 1.14. The SMILES string of the molecule is O=C(O)c1ccccc1O.O=C(O)c1cccnc1. The van der Waals surface area contributed by atoms with E-state index in [9.17, 15) is 9.59 Å². The third kappa shape index (κ3) is 4.47. The number of aromatic carboxylic acids is 2. The maximum atomic E-state index is 10.3. The molecule has 2 aromatic rings. The molecule has 0 aliphatic carbocycles. The number of pyridine rings is 1. The molecule has 6 nitrogen and oxygen atoms in total. The van der Waals surface area contributed by atoms with E-state index in [1.807, 2.05) is 0 Å². The van der Waals surface area contributed by atoms with Crippen molar-refractivity contribution in [3.63, 3.8) is 0 Å². The fraction of sp³-hybridized carbons (Fsp3) is 0. The molecule has 6 heteroatoms. The number of aromatic hydroxyl groups is 1. The van der Waals surface area contributed by atoms with Gasteiger partial charge in [-0.3, -0.25) is 4.98 Å². The Hall–Kier alpha value is -2.89. The molecule has 0 unspecified atom stereocenters. The van der Waals surface area contributed by atoms with E-state index in [2.05, 4.69) is 4.98 Å². The van der Waals surface area contributed by atoms with Gasteiger partial charge in [0.15, 0.2) is 0 Å². The molecule has 0 radical (unpaired) electrons. The first-order valence-electron chi connectivity index (χ1n) is 5.17. The van der Waals surface area contributed by atoms with Crippen LogP contribution in [0.25, 0.3) is 0 Å². The van der Waals surface area contributed by atoms with Crippen LogP contribution in [-0.2, 0) is 0 Å². The highest BCUT2D eigenvalue weighted by molar-refractivity contribution is 5.90. The molecule has 19 heavy (non-hydrogen) atoms. The second-order valence-corrected chi connectivity index (χ2v) is 3.37. The van der Waals surface area contributed by atoms with Crippen molar-refractivity contribution in [2.45, 2.75) is 0 Å². The van der Waals surface area contributed by atoms with Crippen LogP contribution in [0.2, 0.25) is 0 Å². The average molecular weight is 261 g/mol. The summed E-state index contributed by atoms with van der Waals surface area (Å²) in [7, 11) is 0. The van der Waals surface area contributed by atoms with Crippen LogP contribution in [-0.4, -0.2) is 32.2 Å². The predicted octanol–water partition coefficient (Wildman–Crippen LogP) is 1.87. The Morgan fingerprint density at radius 1 is 0.947 bits per heavy atom. The van der Waals surface area contributed by atoms with Gasteiger partial charge in [-0.05, 0) is 24.3 Å². The molecule has 0 aliphatic rings. The first-order chi connectivity index (χ1) is 9.02. The minimum absolute atomic E-state index is 0.0671. The van der Waals surface area contributed by atoms with Crippen molar-refractivity contribution in [2.75, 3.05) is 0 Å². The van der Waals surface area contributed by atoms with Gasteiger partial charge in [-0.1, -0.05) is 12.1 Å². The standard InChI is InChI=1S/C7H6O3.C6H5NO2/c8-6-4-2-1-3-5(6)7(9)10;8-6(9)5-2-1-3-7-4-5/h1-4,8H,(H,9,10);1-4H,(H,8,9). The maximum Gasteiger partial charge on any atom is 0.339 e. The number of carboxylic acids is 2. The Bertz CT molecular complexity index is 568. The normalized spacial score (nSPS) is 9.05. The number of hydrogen-bond acceptors (Lipinski definition) is 4. The lowest BCUT2D eigenvalue weighted by Crippen LogP contribution is -1.95. The second-order valence-electron chi connectivity index (χ2n) is 3.37. The van der Waals surface area contributed by atoms with Gasteiger partial charge in [0.2, 0.25) is 0 Å². The van der Waals surface area contributed by atoms with Gasteiger partial charge in [0, 0.05) is 12.4 Å². The van der Waals surface area contributed by atoms with E-state index in [1.165, 1.54) is 30.6 Å². The number of carboxylic acid groups (broad SMARTS) is 2. The number of nitrogens with zero attached hydrogens (tertiary/aromatic N) is 1. The fourth-order valence-corrected chi connectivity index (χ4v) is 1.14. The zero-order valence-electron chi connectivity index (χ0n) is 9.72. The number of rotatable bonds is 2. The Morgan fingerprint density at radius 3 is 2.00 bits per heavy atom. The van der Waals surface area contributed by atoms with E-state index in [-0.39, 0.29) is 16.9 Å². The summed E-state index contributed by atoms with van der Waals surface area (Å²) in [5.41, 5.74) is 0.153. The molecule has 0 saturated carbocycles. The lowest BCUT2D eigenvalue weighted by atomic mass is 10.2. The molecule has 1 heterocycles. The number of benzene rings is 1. The van der Waals surface area contributed by atoms with Crippen LogP contribution in [0.4, 0.5) is 0 Å². The predicted molar refractivity (Wildman–Crippen MR) is 66.3 cm³/mol. The van der Waals surface area contributed by atoms with Gasteiger partial charge in [-0.25, -0.2) is 9.59 Å². The first kappa shape index (κ1) is 14.2. The van der Waals surface area contributed by atoms with Gasteiger partial charge in [0.25, 0.3) is 0 Å². The molecular formula is C13H11NO5. The molecule has 0 amide bonds. The summed E-state index contributed by atoms with van der Waals surface area (Å²) in [6.07, 6.45) is 2.84. The van der Waals surface area contributed by atoms with E-state index in [0.717, 1.165) is 0 Å². The largest absolute Gasteiger partial charge is 0.507 e. The Kier molecular flexibility index (Phi) is 5.04. The lowest BCUT2D eigenvalue weighted by molar-refractivity contribution is 0.0684. The topological polar surface area (TPSA) is 108 Å². The van der Waals surface area contributed by atoms with E-state index < -0.39 is 11.9 Å². The summed E-state index contributed by atoms with van der Waals surface area (Å²) in [4.78, 5) is 24.0. The minimum Gasteiger partial charge on any atom is -0.507 e. The van der Waals surface area contributed by atoms with Gasteiger partial charge < -0.3 is 15.3 Å². The van der Waals surface area contributed by atoms with E-state index >= 15 is 0 Å². The van der Waals surface area contributed by atoms with Crippen LogP contribution in [0.15, 0.2) is 48.8 Å². The van der Waals surface area contributed by atoms with Crippen molar-refractivity contribution >= 4 is 11.9 Å². The highest BCUT2D eigenvalue weighted by Crippen LogP contribution is 2.14. The summed E-state index contributed by atoms with van der Waals surface area (Å²) in [5.74, 6) is -2.25. The van der Waals surface area contributed by atoms with Crippen LogP contribution >= 0.6 is 0 Å². The lowest BCUT2D eigenvalue weighted by Gasteiger charge is -1.95. The quantitative estimate of drug-likeness (QED) is 0.761. The third-order valence-corrected chi connectivity index (χ3v) is 2.04. The molecule has 0 bridgehead atoms. The summed E-state index contributed by atoms with van der Waals surface area (Å²) in [6.45, 7) is 0. The maximum absolute atomic E-state index is 10.3. The highest BCUT2D eigenvalue weighted by Gasteiger charge is 2.05. The summed E-state index contributed by atoms with van der Waals surface area (Å²) < 4.78 is 0. The Morgan fingerprint density at radius 2 is 1.63 bits per heavy atom. The monoisotopic (exact) mass is 261 g/mol.